The fraction of sp³-hybridized carbons (Fsp3) is 0.125. The van der Waals surface area contributed by atoms with Gasteiger partial charge in [-0.3, -0.25) is 4.79 Å². The summed E-state index contributed by atoms with van der Waals surface area (Å²) < 4.78 is 7.47. The predicted molar refractivity (Wildman–Crippen MR) is 75.8 cm³/mol. The average molecular weight is 303 g/mol. The molecule has 108 valence electrons. The molecule has 4 nitrogen and oxygen atoms in total. The maximum Gasteiger partial charge on any atom is 0.321 e. The Balaban J connectivity index is 0.00000161. The summed E-state index contributed by atoms with van der Waals surface area (Å²) in [5, 5.41) is 0. The lowest BCUT2D eigenvalue weighted by molar-refractivity contribution is -0.596. The summed E-state index contributed by atoms with van der Waals surface area (Å²) in [6.07, 6.45) is 3.69. The van der Waals surface area contributed by atoms with Gasteiger partial charge in [-0.2, -0.15) is 4.57 Å². The maximum atomic E-state index is 12.3. The van der Waals surface area contributed by atoms with Crippen LogP contribution < -0.4 is 22.5 Å². The molecule has 1 N–H and O–H groups in total. The third kappa shape index (κ3) is 2.90. The molecule has 5 heteroatoms. The van der Waals surface area contributed by atoms with Crippen LogP contribution in [0.5, 0.6) is 0 Å². The molecule has 0 spiro atoms. The number of furan rings is 1. The number of rotatable bonds is 2. The number of aromatic nitrogens is 2. The van der Waals surface area contributed by atoms with Crippen molar-refractivity contribution >= 4 is 0 Å². The summed E-state index contributed by atoms with van der Waals surface area (Å²) in [6.45, 7) is 3.75. The van der Waals surface area contributed by atoms with Crippen LogP contribution >= 0.6 is 0 Å². The molecule has 3 aromatic heterocycles. The van der Waals surface area contributed by atoms with E-state index in [1.807, 2.05) is 62.6 Å². The molecule has 0 saturated heterocycles. The summed E-state index contributed by atoms with van der Waals surface area (Å²) in [5.41, 5.74) is 2.02. The summed E-state index contributed by atoms with van der Waals surface area (Å²) in [5.74, 6) is 1.52. The van der Waals surface area contributed by atoms with Crippen molar-refractivity contribution in [1.82, 2.24) is 4.98 Å². The fourth-order valence-electron chi connectivity index (χ4n) is 2.25. The normalized spacial score (nSPS) is 10.2. The van der Waals surface area contributed by atoms with Gasteiger partial charge in [-0.05, 0) is 32.0 Å². The minimum atomic E-state index is -0.134. The first kappa shape index (κ1) is 15.1. The van der Waals surface area contributed by atoms with Gasteiger partial charge in [0.15, 0.2) is 12.4 Å². The van der Waals surface area contributed by atoms with Crippen LogP contribution in [0.15, 0.2) is 58.0 Å². The van der Waals surface area contributed by atoms with E-state index < -0.39 is 0 Å². The van der Waals surface area contributed by atoms with Crippen molar-refractivity contribution in [3.05, 3.63) is 70.6 Å². The SMILES string of the molecule is Cc1cc(-c2ccc(C)o2)c(-[n+]2ccccc2)c(=O)[nH]1.[Cl-]. The van der Waals surface area contributed by atoms with E-state index in [0.717, 1.165) is 17.0 Å². The smallest absolute Gasteiger partial charge is 0.321 e. The quantitative estimate of drug-likeness (QED) is 0.651. The summed E-state index contributed by atoms with van der Waals surface area (Å²) in [7, 11) is 0. The molecule has 0 unspecified atom stereocenters. The van der Waals surface area contributed by atoms with Crippen molar-refractivity contribution in [2.45, 2.75) is 13.8 Å². The second-order valence-corrected chi connectivity index (χ2v) is 4.74. The number of nitrogens with one attached hydrogen (secondary N) is 1. The Bertz CT molecular complexity index is 807. The van der Waals surface area contributed by atoms with Crippen molar-refractivity contribution in [3.63, 3.8) is 0 Å². The van der Waals surface area contributed by atoms with Gasteiger partial charge in [0.25, 0.3) is 5.69 Å². The zero-order valence-electron chi connectivity index (χ0n) is 11.8. The van der Waals surface area contributed by atoms with Crippen molar-refractivity contribution in [3.8, 4) is 17.0 Å². The van der Waals surface area contributed by atoms with Crippen LogP contribution in [0, 0.1) is 13.8 Å². The Morgan fingerprint density at radius 2 is 1.81 bits per heavy atom. The van der Waals surface area contributed by atoms with Crippen LogP contribution in [-0.2, 0) is 0 Å². The third-order valence-electron chi connectivity index (χ3n) is 3.12. The van der Waals surface area contributed by atoms with E-state index in [2.05, 4.69) is 4.98 Å². The zero-order valence-corrected chi connectivity index (χ0v) is 12.5. The van der Waals surface area contributed by atoms with E-state index in [1.54, 1.807) is 4.57 Å². The van der Waals surface area contributed by atoms with E-state index >= 15 is 0 Å². The van der Waals surface area contributed by atoms with Crippen LogP contribution in [0.25, 0.3) is 17.0 Å². The first-order chi connectivity index (χ1) is 9.65. The maximum absolute atomic E-state index is 12.3. The molecular formula is C16H15ClN2O2. The van der Waals surface area contributed by atoms with Crippen LogP contribution in [0.1, 0.15) is 11.5 Å². The molecule has 0 bridgehead atoms. The number of aromatic amines is 1. The highest BCUT2D eigenvalue weighted by Crippen LogP contribution is 2.24. The molecule has 0 aliphatic heterocycles. The third-order valence-corrected chi connectivity index (χ3v) is 3.12. The molecule has 0 amide bonds. The largest absolute Gasteiger partial charge is 1.00 e. The molecule has 0 radical (unpaired) electrons. The number of hydrogen-bond acceptors (Lipinski definition) is 2. The molecule has 3 heterocycles. The molecule has 0 atom stereocenters. The molecule has 0 fully saturated rings. The van der Waals surface area contributed by atoms with Crippen LogP contribution in [0.3, 0.4) is 0 Å². The molecular weight excluding hydrogens is 288 g/mol. The van der Waals surface area contributed by atoms with Gasteiger partial charge in [0, 0.05) is 17.8 Å². The van der Waals surface area contributed by atoms with Gasteiger partial charge >= 0.3 is 5.56 Å². The highest BCUT2D eigenvalue weighted by Gasteiger charge is 2.21. The van der Waals surface area contributed by atoms with Crippen molar-refractivity contribution in [1.29, 1.82) is 0 Å². The van der Waals surface area contributed by atoms with Crippen molar-refractivity contribution in [2.24, 2.45) is 0 Å². The Morgan fingerprint density at radius 1 is 1.10 bits per heavy atom. The van der Waals surface area contributed by atoms with Gasteiger partial charge in [-0.1, -0.05) is 6.07 Å². The Kier molecular flexibility index (Phi) is 4.29. The molecule has 21 heavy (non-hydrogen) atoms. The lowest BCUT2D eigenvalue weighted by Crippen LogP contribution is -3.00. The molecule has 0 aliphatic rings. The topological polar surface area (TPSA) is 49.9 Å². The number of H-pyrrole nitrogens is 1. The first-order valence-corrected chi connectivity index (χ1v) is 6.42. The van der Waals surface area contributed by atoms with Crippen LogP contribution in [0.4, 0.5) is 0 Å². The van der Waals surface area contributed by atoms with Crippen LogP contribution in [-0.4, -0.2) is 4.98 Å². The number of nitrogens with zero attached hydrogens (tertiary/aromatic N) is 1. The molecule has 3 aromatic rings. The summed E-state index contributed by atoms with van der Waals surface area (Å²) in [4.78, 5) is 15.2. The fourth-order valence-corrected chi connectivity index (χ4v) is 2.25. The Morgan fingerprint density at radius 3 is 2.43 bits per heavy atom. The minimum absolute atomic E-state index is 0. The van der Waals surface area contributed by atoms with Gasteiger partial charge in [0.1, 0.15) is 11.5 Å². The predicted octanol–water partition coefficient (Wildman–Crippen LogP) is -0.468. The number of hydrogen-bond donors (Lipinski definition) is 1. The van der Waals surface area contributed by atoms with Gasteiger partial charge in [0.05, 0.1) is 5.56 Å². The zero-order chi connectivity index (χ0) is 14.1. The Labute approximate surface area is 128 Å². The lowest BCUT2D eigenvalue weighted by Gasteiger charge is -2.03. The second kappa shape index (κ2) is 5.97. The van der Waals surface area contributed by atoms with E-state index in [1.165, 1.54) is 0 Å². The monoisotopic (exact) mass is 302 g/mol. The minimum Gasteiger partial charge on any atom is -1.00 e. The van der Waals surface area contributed by atoms with Gasteiger partial charge in [0.2, 0.25) is 0 Å². The molecule has 3 rings (SSSR count). The standard InChI is InChI=1S/C16H14N2O2.ClH/c1-11-10-13(14-7-6-12(2)20-14)15(16(19)17-11)18-8-4-3-5-9-18;/h3-10H,1-2H3;1H. The van der Waals surface area contributed by atoms with Gasteiger partial charge in [-0.25, -0.2) is 0 Å². The molecule has 0 saturated carbocycles. The number of aryl methyl sites for hydroxylation is 2. The van der Waals surface area contributed by atoms with Crippen molar-refractivity contribution in [2.75, 3.05) is 0 Å². The summed E-state index contributed by atoms with van der Waals surface area (Å²) in [6, 6.07) is 11.4. The highest BCUT2D eigenvalue weighted by atomic mass is 35.5. The summed E-state index contributed by atoms with van der Waals surface area (Å²) >= 11 is 0. The lowest BCUT2D eigenvalue weighted by atomic mass is 10.1. The Hall–Kier alpha value is -2.33. The van der Waals surface area contributed by atoms with E-state index in [0.29, 0.717) is 11.4 Å². The highest BCUT2D eigenvalue weighted by molar-refractivity contribution is 5.65. The van der Waals surface area contributed by atoms with Gasteiger partial charge < -0.3 is 21.8 Å². The van der Waals surface area contributed by atoms with E-state index in [4.69, 9.17) is 4.42 Å². The van der Waals surface area contributed by atoms with Gasteiger partial charge in [-0.15, -0.1) is 0 Å². The number of pyridine rings is 2. The number of halogens is 1. The average Bonchev–Trinajstić information content (AvgIpc) is 2.85. The molecule has 0 aromatic carbocycles. The second-order valence-electron chi connectivity index (χ2n) is 4.74. The van der Waals surface area contributed by atoms with E-state index in [9.17, 15) is 4.79 Å². The van der Waals surface area contributed by atoms with E-state index in [-0.39, 0.29) is 18.0 Å². The molecule has 0 aliphatic carbocycles. The van der Waals surface area contributed by atoms with Crippen LogP contribution in [0.2, 0.25) is 0 Å². The first-order valence-electron chi connectivity index (χ1n) is 6.42. The van der Waals surface area contributed by atoms with Crippen molar-refractivity contribution < 1.29 is 21.4 Å².